The van der Waals surface area contributed by atoms with Crippen molar-refractivity contribution in [3.05, 3.63) is 42.5 Å². The van der Waals surface area contributed by atoms with Crippen molar-refractivity contribution < 1.29 is 14.3 Å². The lowest BCUT2D eigenvalue weighted by atomic mass is 10.2. The molecule has 1 unspecified atom stereocenters. The molecule has 1 rings (SSSR count). The number of esters is 1. The van der Waals surface area contributed by atoms with E-state index in [0.29, 0.717) is 12.2 Å². The van der Waals surface area contributed by atoms with Crippen molar-refractivity contribution in [1.82, 2.24) is 0 Å². The monoisotopic (exact) mass is 234 g/mol. The number of benzene rings is 1. The molecular weight excluding hydrogens is 216 g/mol. The summed E-state index contributed by atoms with van der Waals surface area (Å²) < 4.78 is 10.7. The zero-order valence-corrected chi connectivity index (χ0v) is 10.3. The third-order valence-electron chi connectivity index (χ3n) is 2.23. The Morgan fingerprint density at radius 2 is 2.06 bits per heavy atom. The van der Waals surface area contributed by atoms with Crippen LogP contribution in [-0.2, 0) is 9.53 Å². The van der Waals surface area contributed by atoms with E-state index in [1.165, 1.54) is 0 Å². The molecule has 0 fully saturated rings. The van der Waals surface area contributed by atoms with Gasteiger partial charge in [0.15, 0.2) is 0 Å². The summed E-state index contributed by atoms with van der Waals surface area (Å²) in [6.07, 6.45) is 2.13. The molecule has 0 radical (unpaired) electrons. The van der Waals surface area contributed by atoms with E-state index in [4.69, 9.17) is 9.47 Å². The number of carbonyl (C=O) groups is 1. The van der Waals surface area contributed by atoms with Gasteiger partial charge < -0.3 is 9.47 Å². The van der Waals surface area contributed by atoms with Crippen molar-refractivity contribution in [3.8, 4) is 5.75 Å². The molecule has 0 heterocycles. The molecule has 1 atom stereocenters. The molecule has 0 aliphatic heterocycles. The zero-order chi connectivity index (χ0) is 12.7. The molecule has 3 nitrogen and oxygen atoms in total. The van der Waals surface area contributed by atoms with Crippen molar-refractivity contribution in [2.24, 2.45) is 0 Å². The van der Waals surface area contributed by atoms with Gasteiger partial charge in [0.2, 0.25) is 6.29 Å². The number of hydrogen-bond acceptors (Lipinski definition) is 3. The lowest BCUT2D eigenvalue weighted by Gasteiger charge is -2.18. The molecule has 3 heteroatoms. The molecule has 0 aliphatic rings. The van der Waals surface area contributed by atoms with Crippen LogP contribution in [0.4, 0.5) is 0 Å². The van der Waals surface area contributed by atoms with Gasteiger partial charge in [-0.2, -0.15) is 0 Å². The first-order valence-corrected chi connectivity index (χ1v) is 5.72. The van der Waals surface area contributed by atoms with Crippen LogP contribution in [0.5, 0.6) is 5.75 Å². The molecule has 92 valence electrons. The molecule has 0 saturated carbocycles. The van der Waals surface area contributed by atoms with Gasteiger partial charge in [0.1, 0.15) is 5.75 Å². The van der Waals surface area contributed by atoms with Crippen molar-refractivity contribution in [1.29, 1.82) is 0 Å². The Kier molecular flexibility index (Phi) is 5.27. The van der Waals surface area contributed by atoms with Gasteiger partial charge in [-0.3, -0.25) is 0 Å². The normalized spacial score (nSPS) is 11.6. The summed E-state index contributed by atoms with van der Waals surface area (Å²) in [6, 6.07) is 7.63. The van der Waals surface area contributed by atoms with Crippen LogP contribution in [0.3, 0.4) is 0 Å². The average Bonchev–Trinajstić information content (AvgIpc) is 2.32. The van der Waals surface area contributed by atoms with Crippen LogP contribution in [0.2, 0.25) is 0 Å². The maximum atomic E-state index is 11.1. The van der Waals surface area contributed by atoms with Crippen LogP contribution >= 0.6 is 0 Å². The fourth-order valence-electron chi connectivity index (χ4n) is 1.32. The largest absolute Gasteiger partial charge is 0.455 e. The van der Waals surface area contributed by atoms with Crippen LogP contribution in [0.1, 0.15) is 25.3 Å². The highest BCUT2D eigenvalue weighted by molar-refractivity contribution is 5.81. The Morgan fingerprint density at radius 3 is 2.59 bits per heavy atom. The van der Waals surface area contributed by atoms with E-state index in [0.717, 1.165) is 18.1 Å². The van der Waals surface area contributed by atoms with Gasteiger partial charge in [0.05, 0.1) is 0 Å². The maximum absolute atomic E-state index is 11.1. The maximum Gasteiger partial charge on any atom is 0.333 e. The Balaban J connectivity index is 2.62. The van der Waals surface area contributed by atoms with Crippen LogP contribution in [0, 0.1) is 6.92 Å². The molecule has 1 aromatic carbocycles. The summed E-state index contributed by atoms with van der Waals surface area (Å²) in [7, 11) is 0. The summed E-state index contributed by atoms with van der Waals surface area (Å²) in [4.78, 5) is 11.1. The quantitative estimate of drug-likeness (QED) is 0.430. The lowest BCUT2D eigenvalue weighted by Crippen LogP contribution is -2.23. The van der Waals surface area contributed by atoms with Gasteiger partial charge in [-0.1, -0.05) is 31.2 Å². The zero-order valence-electron chi connectivity index (χ0n) is 10.3. The molecule has 0 saturated heterocycles. The second kappa shape index (κ2) is 6.74. The predicted octanol–water partition coefficient (Wildman–Crippen LogP) is 3.23. The van der Waals surface area contributed by atoms with Gasteiger partial charge >= 0.3 is 5.97 Å². The summed E-state index contributed by atoms with van der Waals surface area (Å²) in [5, 5.41) is 0. The van der Waals surface area contributed by atoms with Crippen LogP contribution in [-0.4, -0.2) is 12.3 Å². The molecule has 17 heavy (non-hydrogen) atoms. The lowest BCUT2D eigenvalue weighted by molar-refractivity contribution is -0.158. The molecule has 1 aromatic rings. The first-order chi connectivity index (χ1) is 8.15. The number of aryl methyl sites for hydroxylation is 1. The highest BCUT2D eigenvalue weighted by Crippen LogP contribution is 2.16. The second-order valence-electron chi connectivity index (χ2n) is 3.79. The first-order valence-electron chi connectivity index (χ1n) is 5.72. The minimum atomic E-state index is -0.548. The smallest absolute Gasteiger partial charge is 0.333 e. The minimum Gasteiger partial charge on any atom is -0.455 e. The molecule has 0 bridgehead atoms. The van der Waals surface area contributed by atoms with Crippen molar-refractivity contribution in [3.63, 3.8) is 0 Å². The van der Waals surface area contributed by atoms with Gasteiger partial charge in [-0.25, -0.2) is 4.79 Å². The molecule has 0 amide bonds. The average molecular weight is 234 g/mol. The van der Waals surface area contributed by atoms with E-state index in [9.17, 15) is 4.79 Å². The van der Waals surface area contributed by atoms with Gasteiger partial charge in [0, 0.05) is 12.5 Å². The molecule has 0 aliphatic carbocycles. The number of carbonyl (C=O) groups excluding carboxylic acids is 1. The van der Waals surface area contributed by atoms with E-state index in [2.05, 4.69) is 6.58 Å². The highest BCUT2D eigenvalue weighted by atomic mass is 16.7. The van der Waals surface area contributed by atoms with E-state index in [1.54, 1.807) is 0 Å². The van der Waals surface area contributed by atoms with Crippen LogP contribution in [0.15, 0.2) is 36.9 Å². The van der Waals surface area contributed by atoms with E-state index >= 15 is 0 Å². The second-order valence-corrected chi connectivity index (χ2v) is 3.79. The SMILES string of the molecule is C=CC(=O)OC(CCC)Oc1ccc(C)cc1. The fraction of sp³-hybridized carbons (Fsp3) is 0.357. The third-order valence-corrected chi connectivity index (χ3v) is 2.23. The standard InChI is InChI=1S/C14H18O3/c1-4-6-14(17-13(15)5-2)16-12-9-7-11(3)8-10-12/h5,7-10,14H,2,4,6H2,1,3H3. The highest BCUT2D eigenvalue weighted by Gasteiger charge is 2.13. The van der Waals surface area contributed by atoms with Gasteiger partial charge in [-0.15, -0.1) is 0 Å². The summed E-state index contributed by atoms with van der Waals surface area (Å²) in [6.45, 7) is 7.37. The Hall–Kier alpha value is -1.77. The number of rotatable bonds is 6. The summed E-state index contributed by atoms with van der Waals surface area (Å²) in [5.41, 5.74) is 1.16. The molecular formula is C14H18O3. The Bertz CT molecular complexity index is 368. The first kappa shape index (κ1) is 13.3. The molecule has 0 aromatic heterocycles. The summed E-state index contributed by atoms with van der Waals surface area (Å²) in [5.74, 6) is 0.237. The molecule has 0 N–H and O–H groups in total. The van der Waals surface area contributed by atoms with E-state index < -0.39 is 12.3 Å². The van der Waals surface area contributed by atoms with E-state index in [1.807, 2.05) is 38.1 Å². The van der Waals surface area contributed by atoms with Gasteiger partial charge in [-0.05, 0) is 25.5 Å². The van der Waals surface area contributed by atoms with Crippen molar-refractivity contribution in [2.75, 3.05) is 0 Å². The van der Waals surface area contributed by atoms with E-state index in [-0.39, 0.29) is 0 Å². The fourth-order valence-corrected chi connectivity index (χ4v) is 1.32. The Labute approximate surface area is 102 Å². The molecule has 0 spiro atoms. The van der Waals surface area contributed by atoms with Gasteiger partial charge in [0.25, 0.3) is 0 Å². The number of ether oxygens (including phenoxy) is 2. The van der Waals surface area contributed by atoms with Crippen molar-refractivity contribution >= 4 is 5.97 Å². The van der Waals surface area contributed by atoms with Crippen LogP contribution in [0.25, 0.3) is 0 Å². The topological polar surface area (TPSA) is 35.5 Å². The third kappa shape index (κ3) is 4.72. The number of hydrogen-bond donors (Lipinski definition) is 0. The summed E-state index contributed by atoms with van der Waals surface area (Å²) >= 11 is 0. The predicted molar refractivity (Wildman–Crippen MR) is 66.8 cm³/mol. The Morgan fingerprint density at radius 1 is 1.41 bits per heavy atom. The van der Waals surface area contributed by atoms with Crippen molar-refractivity contribution in [2.45, 2.75) is 33.0 Å². The minimum absolute atomic E-state index is 0.462. The van der Waals surface area contributed by atoms with Crippen LogP contribution < -0.4 is 4.74 Å².